The summed E-state index contributed by atoms with van der Waals surface area (Å²) in [6, 6.07) is 29.7. The molecule has 130 valence electrons. The molecule has 3 heteroatoms. The number of hydrogen-bond donors (Lipinski definition) is 2. The zero-order chi connectivity index (χ0) is 18.2. The quantitative estimate of drug-likeness (QED) is 0.315. The number of nitrogens with one attached hydrogen (secondary N) is 2. The second-order valence-corrected chi connectivity index (χ2v) is 7.45. The average Bonchev–Trinajstić information content (AvgIpc) is 3.20. The number of aromatic amines is 1. The fourth-order valence-corrected chi connectivity index (χ4v) is 4.08. The van der Waals surface area contributed by atoms with E-state index in [2.05, 4.69) is 111 Å². The van der Waals surface area contributed by atoms with Crippen LogP contribution in [0.2, 0.25) is 0 Å². The molecule has 1 aromatic heterocycles. The molecule has 0 saturated heterocycles. The molecule has 0 amide bonds. The van der Waals surface area contributed by atoms with E-state index in [1.807, 2.05) is 6.20 Å². The number of H-pyrrole nitrogens is 1. The summed E-state index contributed by atoms with van der Waals surface area (Å²) < 4.78 is 1.10. The zero-order valence-corrected chi connectivity index (χ0v) is 16.1. The molecule has 2 N–H and O–H groups in total. The van der Waals surface area contributed by atoms with Crippen molar-refractivity contribution in [3.63, 3.8) is 0 Å². The van der Waals surface area contributed by atoms with Gasteiger partial charge in [-0.3, -0.25) is 0 Å². The molecule has 0 unspecified atom stereocenters. The van der Waals surface area contributed by atoms with Crippen LogP contribution in [0.1, 0.15) is 0 Å². The van der Waals surface area contributed by atoms with Gasteiger partial charge in [0.2, 0.25) is 0 Å². The van der Waals surface area contributed by atoms with Crippen LogP contribution in [0.15, 0.2) is 95.6 Å². The molecule has 0 fully saturated rings. The van der Waals surface area contributed by atoms with Gasteiger partial charge in [0.15, 0.2) is 0 Å². The molecule has 1 heterocycles. The van der Waals surface area contributed by atoms with E-state index in [0.29, 0.717) is 0 Å². The van der Waals surface area contributed by atoms with E-state index in [9.17, 15) is 0 Å². The largest absolute Gasteiger partial charge is 0.361 e. The monoisotopic (exact) mass is 412 g/mol. The normalized spacial score (nSPS) is 11.1. The van der Waals surface area contributed by atoms with Crippen molar-refractivity contribution < 1.29 is 0 Å². The molecule has 0 aliphatic heterocycles. The Bertz CT molecular complexity index is 1260. The predicted octanol–water partition coefficient (Wildman–Crippen LogP) is 7.49. The summed E-state index contributed by atoms with van der Waals surface area (Å²) in [6.07, 6.45) is 1.98. The Balaban J connectivity index is 1.58. The molecule has 0 spiro atoms. The van der Waals surface area contributed by atoms with Crippen molar-refractivity contribution in [2.75, 3.05) is 5.32 Å². The van der Waals surface area contributed by atoms with Crippen molar-refractivity contribution in [2.45, 2.75) is 0 Å². The number of hydrogen-bond acceptors (Lipinski definition) is 1. The Morgan fingerprint density at radius 2 is 1.59 bits per heavy atom. The van der Waals surface area contributed by atoms with Crippen LogP contribution in [-0.2, 0) is 0 Å². The molecule has 0 aliphatic rings. The minimum Gasteiger partial charge on any atom is -0.361 e. The van der Waals surface area contributed by atoms with Crippen molar-refractivity contribution in [2.24, 2.45) is 0 Å². The van der Waals surface area contributed by atoms with Gasteiger partial charge in [0.1, 0.15) is 0 Å². The average molecular weight is 413 g/mol. The summed E-state index contributed by atoms with van der Waals surface area (Å²) in [5.74, 6) is 0. The van der Waals surface area contributed by atoms with Gasteiger partial charge in [-0.05, 0) is 41.3 Å². The van der Waals surface area contributed by atoms with Crippen LogP contribution in [0.25, 0.3) is 32.8 Å². The van der Waals surface area contributed by atoms with E-state index in [-0.39, 0.29) is 0 Å². The standard InChI is InChI=1S/C24H17BrN2/c25-22-12-11-20(24-21(22)13-14-26-24)17-7-3-8-18(15-17)27-23-10-4-6-16-5-1-2-9-19(16)23/h1-15,26-27H. The highest BCUT2D eigenvalue weighted by Gasteiger charge is 2.09. The van der Waals surface area contributed by atoms with Crippen LogP contribution in [0, 0.1) is 0 Å². The lowest BCUT2D eigenvalue weighted by atomic mass is 10.0. The minimum absolute atomic E-state index is 1.08. The Morgan fingerprint density at radius 3 is 2.56 bits per heavy atom. The molecule has 4 aromatic carbocycles. The molecule has 5 aromatic rings. The van der Waals surface area contributed by atoms with E-state index in [1.54, 1.807) is 0 Å². The van der Waals surface area contributed by atoms with Gasteiger partial charge in [-0.1, -0.05) is 70.5 Å². The zero-order valence-electron chi connectivity index (χ0n) is 14.5. The first-order chi connectivity index (χ1) is 13.3. The maximum atomic E-state index is 3.63. The topological polar surface area (TPSA) is 27.8 Å². The Labute approximate surface area is 166 Å². The molecule has 0 radical (unpaired) electrons. The third-order valence-corrected chi connectivity index (χ3v) is 5.60. The highest BCUT2D eigenvalue weighted by Crippen LogP contribution is 2.34. The number of anilines is 2. The van der Waals surface area contributed by atoms with Crippen LogP contribution in [-0.4, -0.2) is 4.98 Å². The van der Waals surface area contributed by atoms with Crippen molar-refractivity contribution in [3.8, 4) is 11.1 Å². The second-order valence-electron chi connectivity index (χ2n) is 6.59. The van der Waals surface area contributed by atoms with Gasteiger partial charge < -0.3 is 10.3 Å². The first-order valence-corrected chi connectivity index (χ1v) is 9.70. The number of benzene rings is 4. The number of rotatable bonds is 3. The first kappa shape index (κ1) is 16.2. The smallest absolute Gasteiger partial charge is 0.0545 e. The molecular formula is C24H17BrN2. The van der Waals surface area contributed by atoms with Crippen LogP contribution >= 0.6 is 15.9 Å². The van der Waals surface area contributed by atoms with Gasteiger partial charge in [-0.15, -0.1) is 0 Å². The molecule has 27 heavy (non-hydrogen) atoms. The van der Waals surface area contributed by atoms with Crippen LogP contribution in [0.3, 0.4) is 0 Å². The summed E-state index contributed by atoms with van der Waals surface area (Å²) >= 11 is 3.63. The molecule has 5 rings (SSSR count). The fraction of sp³-hybridized carbons (Fsp3) is 0. The molecule has 0 saturated carbocycles. The summed E-state index contributed by atoms with van der Waals surface area (Å²) in [7, 11) is 0. The predicted molar refractivity (Wildman–Crippen MR) is 119 cm³/mol. The van der Waals surface area contributed by atoms with E-state index in [4.69, 9.17) is 0 Å². The number of aromatic nitrogens is 1. The van der Waals surface area contributed by atoms with Gasteiger partial charge in [-0.2, -0.15) is 0 Å². The summed E-state index contributed by atoms with van der Waals surface area (Å²) in [6.45, 7) is 0. The summed E-state index contributed by atoms with van der Waals surface area (Å²) in [5, 5.41) is 7.24. The summed E-state index contributed by atoms with van der Waals surface area (Å²) in [4.78, 5) is 3.37. The Morgan fingerprint density at radius 1 is 0.741 bits per heavy atom. The van der Waals surface area contributed by atoms with Crippen LogP contribution in [0.4, 0.5) is 11.4 Å². The van der Waals surface area contributed by atoms with Gasteiger partial charge in [0, 0.05) is 38.4 Å². The van der Waals surface area contributed by atoms with Crippen LogP contribution in [0.5, 0.6) is 0 Å². The van der Waals surface area contributed by atoms with Crippen molar-refractivity contribution >= 4 is 49.0 Å². The van der Waals surface area contributed by atoms with Crippen molar-refractivity contribution in [1.82, 2.24) is 4.98 Å². The fourth-order valence-electron chi connectivity index (χ4n) is 3.62. The lowest BCUT2D eigenvalue weighted by Gasteiger charge is -2.12. The van der Waals surface area contributed by atoms with Crippen LogP contribution < -0.4 is 5.32 Å². The molecule has 2 nitrogen and oxygen atoms in total. The Hall–Kier alpha value is -3.04. The number of halogens is 1. The van der Waals surface area contributed by atoms with Gasteiger partial charge >= 0.3 is 0 Å². The summed E-state index contributed by atoms with van der Waals surface area (Å²) in [5.41, 5.74) is 5.71. The molecular weight excluding hydrogens is 396 g/mol. The van der Waals surface area contributed by atoms with Crippen molar-refractivity contribution in [1.29, 1.82) is 0 Å². The third-order valence-electron chi connectivity index (χ3n) is 4.91. The van der Waals surface area contributed by atoms with Gasteiger partial charge in [0.25, 0.3) is 0 Å². The van der Waals surface area contributed by atoms with E-state index >= 15 is 0 Å². The second kappa shape index (κ2) is 6.60. The number of fused-ring (bicyclic) bond motifs is 2. The van der Waals surface area contributed by atoms with Crippen molar-refractivity contribution in [3.05, 3.63) is 95.6 Å². The van der Waals surface area contributed by atoms with Gasteiger partial charge in [-0.25, -0.2) is 0 Å². The van der Waals surface area contributed by atoms with E-state index < -0.39 is 0 Å². The van der Waals surface area contributed by atoms with Gasteiger partial charge in [0.05, 0.1) is 5.52 Å². The lowest BCUT2D eigenvalue weighted by Crippen LogP contribution is -1.92. The highest BCUT2D eigenvalue weighted by atomic mass is 79.9. The maximum Gasteiger partial charge on any atom is 0.0545 e. The lowest BCUT2D eigenvalue weighted by molar-refractivity contribution is 1.47. The van der Waals surface area contributed by atoms with E-state index in [1.165, 1.54) is 27.3 Å². The van der Waals surface area contributed by atoms with E-state index in [0.717, 1.165) is 21.4 Å². The first-order valence-electron chi connectivity index (χ1n) is 8.90. The Kier molecular flexibility index (Phi) is 3.95. The third kappa shape index (κ3) is 2.90. The SMILES string of the molecule is Brc1ccc(-c2cccc(Nc3cccc4ccccc34)c2)c2[nH]ccc12. The molecule has 0 atom stereocenters. The maximum absolute atomic E-state index is 3.63. The molecule has 0 bridgehead atoms. The molecule has 0 aliphatic carbocycles. The minimum atomic E-state index is 1.08. The highest BCUT2D eigenvalue weighted by molar-refractivity contribution is 9.10.